The van der Waals surface area contributed by atoms with Crippen LogP contribution in [0.5, 0.6) is 0 Å². The van der Waals surface area contributed by atoms with Gasteiger partial charge < -0.3 is 5.32 Å². The second-order valence-corrected chi connectivity index (χ2v) is 9.47. The maximum Gasteiger partial charge on any atom is 0.255 e. The van der Waals surface area contributed by atoms with Crippen molar-refractivity contribution in [1.29, 1.82) is 0 Å². The van der Waals surface area contributed by atoms with Gasteiger partial charge in [0.2, 0.25) is 10.0 Å². The topological polar surface area (TPSA) is 75.3 Å². The summed E-state index contributed by atoms with van der Waals surface area (Å²) in [5, 5.41) is 4.34. The lowest BCUT2D eigenvalue weighted by atomic mass is 10.1. The molecule has 0 bridgehead atoms. The normalized spacial score (nSPS) is 11.4. The van der Waals surface area contributed by atoms with Crippen molar-refractivity contribution in [2.24, 2.45) is 0 Å². The maximum absolute atomic E-state index is 12.4. The molecule has 7 heteroatoms. The van der Waals surface area contributed by atoms with E-state index >= 15 is 0 Å². The number of benzene rings is 2. The molecule has 140 valence electrons. The van der Waals surface area contributed by atoms with Gasteiger partial charge in [-0.1, -0.05) is 18.2 Å². The van der Waals surface area contributed by atoms with Crippen LogP contribution in [0.1, 0.15) is 24.2 Å². The largest absolute Gasteiger partial charge is 0.322 e. The van der Waals surface area contributed by atoms with E-state index in [9.17, 15) is 13.2 Å². The van der Waals surface area contributed by atoms with Crippen LogP contribution in [0.15, 0.2) is 66.0 Å². The van der Waals surface area contributed by atoms with Crippen LogP contribution < -0.4 is 10.0 Å². The van der Waals surface area contributed by atoms with E-state index < -0.39 is 15.3 Å². The van der Waals surface area contributed by atoms with Crippen LogP contribution in [-0.4, -0.2) is 19.6 Å². The van der Waals surface area contributed by atoms with Gasteiger partial charge in [-0.25, -0.2) is 8.42 Å². The minimum Gasteiger partial charge on any atom is -0.322 e. The van der Waals surface area contributed by atoms with E-state index in [1.54, 1.807) is 49.4 Å². The summed E-state index contributed by atoms with van der Waals surface area (Å²) in [7, 11) is -3.41. The minimum atomic E-state index is -3.41. The van der Waals surface area contributed by atoms with Crippen molar-refractivity contribution in [3.05, 3.63) is 71.6 Å². The predicted molar refractivity (Wildman–Crippen MR) is 112 cm³/mol. The number of carbonyl (C=O) groups is 1. The van der Waals surface area contributed by atoms with E-state index in [1.165, 1.54) is 4.88 Å². The third-order valence-electron chi connectivity index (χ3n) is 3.98. The monoisotopic (exact) mass is 400 g/mol. The van der Waals surface area contributed by atoms with Gasteiger partial charge in [-0.15, -0.1) is 11.3 Å². The number of sulfonamides is 1. The Kier molecular flexibility index (Phi) is 5.62. The molecule has 1 heterocycles. The van der Waals surface area contributed by atoms with Crippen LogP contribution in [0.2, 0.25) is 0 Å². The second kappa shape index (κ2) is 7.94. The van der Waals surface area contributed by atoms with Gasteiger partial charge in [0.1, 0.15) is 0 Å². The molecule has 1 amide bonds. The first-order chi connectivity index (χ1) is 12.8. The summed E-state index contributed by atoms with van der Waals surface area (Å²) in [4.78, 5) is 13.6. The first-order valence-corrected chi connectivity index (χ1v) is 10.8. The Labute approximate surface area is 163 Å². The summed E-state index contributed by atoms with van der Waals surface area (Å²) in [6.45, 7) is 3.21. The van der Waals surface area contributed by atoms with Gasteiger partial charge in [0.15, 0.2) is 0 Å². The zero-order valence-corrected chi connectivity index (χ0v) is 16.6. The molecule has 0 unspecified atom stereocenters. The molecule has 3 rings (SSSR count). The molecule has 0 saturated carbocycles. The highest BCUT2D eigenvalue weighted by Crippen LogP contribution is 2.26. The van der Waals surface area contributed by atoms with Gasteiger partial charge >= 0.3 is 0 Å². The molecule has 0 atom stereocenters. The first-order valence-electron chi connectivity index (χ1n) is 8.42. The van der Waals surface area contributed by atoms with Crippen molar-refractivity contribution in [2.45, 2.75) is 19.1 Å². The number of anilines is 2. The Morgan fingerprint density at radius 3 is 2.11 bits per heavy atom. The average molecular weight is 401 g/mol. The number of carbonyl (C=O) groups excluding carboxylic acids is 1. The second-order valence-electron chi connectivity index (χ2n) is 6.28. The first kappa shape index (κ1) is 19.1. The SMILES string of the molecule is CC(C)S(=O)(=O)Nc1ccc(C(=O)Nc2ccc(-c3cccs3)cc2)cc1. The molecule has 5 nitrogen and oxygen atoms in total. The molecule has 0 aliphatic rings. The third-order valence-corrected chi connectivity index (χ3v) is 6.66. The molecule has 2 N–H and O–H groups in total. The van der Waals surface area contributed by atoms with Crippen LogP contribution in [-0.2, 0) is 10.0 Å². The Hall–Kier alpha value is -2.64. The van der Waals surface area contributed by atoms with E-state index in [0.717, 1.165) is 5.56 Å². The molecule has 2 aromatic carbocycles. The fraction of sp³-hybridized carbons (Fsp3) is 0.150. The van der Waals surface area contributed by atoms with Gasteiger partial charge in [0, 0.05) is 21.8 Å². The quantitative estimate of drug-likeness (QED) is 0.623. The van der Waals surface area contributed by atoms with Crippen LogP contribution in [0.25, 0.3) is 10.4 Å². The minimum absolute atomic E-state index is 0.253. The van der Waals surface area contributed by atoms with E-state index in [-0.39, 0.29) is 5.91 Å². The molecular formula is C20H20N2O3S2. The van der Waals surface area contributed by atoms with Crippen molar-refractivity contribution in [3.63, 3.8) is 0 Å². The molecule has 0 aliphatic carbocycles. The maximum atomic E-state index is 12.4. The molecule has 27 heavy (non-hydrogen) atoms. The highest BCUT2D eigenvalue weighted by molar-refractivity contribution is 7.93. The van der Waals surface area contributed by atoms with Gasteiger partial charge in [0.25, 0.3) is 5.91 Å². The molecule has 0 radical (unpaired) electrons. The van der Waals surface area contributed by atoms with Crippen molar-refractivity contribution < 1.29 is 13.2 Å². The lowest BCUT2D eigenvalue weighted by Gasteiger charge is -2.11. The van der Waals surface area contributed by atoms with Gasteiger partial charge in [-0.2, -0.15) is 0 Å². The predicted octanol–water partition coefficient (Wildman–Crippen LogP) is 4.82. The summed E-state index contributed by atoms with van der Waals surface area (Å²) in [6.07, 6.45) is 0. The number of nitrogens with one attached hydrogen (secondary N) is 2. The molecule has 0 fully saturated rings. The molecule has 3 aromatic rings. The van der Waals surface area contributed by atoms with Crippen molar-refractivity contribution >= 4 is 38.6 Å². The lowest BCUT2D eigenvalue weighted by molar-refractivity contribution is 0.102. The van der Waals surface area contributed by atoms with Crippen molar-refractivity contribution in [1.82, 2.24) is 0 Å². The lowest BCUT2D eigenvalue weighted by Crippen LogP contribution is -2.22. The summed E-state index contributed by atoms with van der Waals surface area (Å²) in [5.74, 6) is -0.253. The highest BCUT2D eigenvalue weighted by Gasteiger charge is 2.15. The number of hydrogen-bond acceptors (Lipinski definition) is 4. The molecular weight excluding hydrogens is 380 g/mol. The van der Waals surface area contributed by atoms with Crippen molar-refractivity contribution in [2.75, 3.05) is 10.0 Å². The van der Waals surface area contributed by atoms with Crippen molar-refractivity contribution in [3.8, 4) is 10.4 Å². The van der Waals surface area contributed by atoms with Crippen LogP contribution in [0, 0.1) is 0 Å². The van der Waals surface area contributed by atoms with E-state index in [1.807, 2.05) is 41.8 Å². The van der Waals surface area contributed by atoms with E-state index in [0.29, 0.717) is 16.9 Å². The third kappa shape index (κ3) is 4.75. The Morgan fingerprint density at radius 2 is 1.56 bits per heavy atom. The number of thiophene rings is 1. The molecule has 0 saturated heterocycles. The zero-order chi connectivity index (χ0) is 19.4. The Bertz CT molecular complexity index is 1010. The highest BCUT2D eigenvalue weighted by atomic mass is 32.2. The van der Waals surface area contributed by atoms with Crippen LogP contribution in [0.3, 0.4) is 0 Å². The van der Waals surface area contributed by atoms with Gasteiger partial charge in [-0.05, 0) is 67.3 Å². The summed E-state index contributed by atoms with van der Waals surface area (Å²) < 4.78 is 26.3. The fourth-order valence-electron chi connectivity index (χ4n) is 2.34. The van der Waals surface area contributed by atoms with Gasteiger partial charge in [0.05, 0.1) is 5.25 Å². The smallest absolute Gasteiger partial charge is 0.255 e. The summed E-state index contributed by atoms with van der Waals surface area (Å²) in [6, 6.07) is 18.0. The van der Waals surface area contributed by atoms with Gasteiger partial charge in [-0.3, -0.25) is 9.52 Å². The molecule has 0 aliphatic heterocycles. The van der Waals surface area contributed by atoms with E-state index in [2.05, 4.69) is 10.0 Å². The van der Waals surface area contributed by atoms with E-state index in [4.69, 9.17) is 0 Å². The molecule has 1 aromatic heterocycles. The fourth-order valence-corrected chi connectivity index (χ4v) is 3.77. The zero-order valence-electron chi connectivity index (χ0n) is 15.0. The Morgan fingerprint density at radius 1 is 0.926 bits per heavy atom. The van der Waals surface area contributed by atoms with Crippen LogP contribution >= 0.6 is 11.3 Å². The number of hydrogen-bond donors (Lipinski definition) is 2. The average Bonchev–Trinajstić information content (AvgIpc) is 3.17. The molecule has 0 spiro atoms. The summed E-state index contributed by atoms with van der Waals surface area (Å²) in [5.41, 5.74) is 2.68. The standard InChI is InChI=1S/C20H20N2O3S2/c1-14(2)27(24,25)22-18-11-7-16(8-12-18)20(23)21-17-9-5-15(6-10-17)19-4-3-13-26-19/h3-14,22H,1-2H3,(H,21,23). The van der Waals surface area contributed by atoms with Crippen LogP contribution in [0.4, 0.5) is 11.4 Å². The Balaban J connectivity index is 1.66. The summed E-state index contributed by atoms with van der Waals surface area (Å²) >= 11 is 1.66. The number of amides is 1. The number of rotatable bonds is 6.